The predicted octanol–water partition coefficient (Wildman–Crippen LogP) is 4.71. The van der Waals surface area contributed by atoms with E-state index in [1.165, 1.54) is 0 Å². The molecule has 0 aliphatic carbocycles. The number of carbonyl (C=O) groups is 1. The number of carbonyl (C=O) groups excluding carboxylic acids is 1. The summed E-state index contributed by atoms with van der Waals surface area (Å²) in [5.74, 6) is 0.122. The number of hydrogen-bond acceptors (Lipinski definition) is 3. The fraction of sp³-hybridized carbons (Fsp3) is 0.562. The van der Waals surface area contributed by atoms with Crippen LogP contribution in [0, 0.1) is 5.92 Å². The molecule has 0 aromatic heterocycles. The minimum atomic E-state index is -1.42. The van der Waals surface area contributed by atoms with Crippen molar-refractivity contribution < 1.29 is 4.79 Å². The van der Waals surface area contributed by atoms with E-state index >= 15 is 0 Å². The number of fused-ring (bicyclic) bond motifs is 1. The Balaban J connectivity index is 2.21. The number of benzene rings is 1. The third-order valence-corrected chi connectivity index (χ3v) is 9.62. The number of alkyl halides is 2. The molecular weight excluding hydrogens is 357 g/mol. The molecule has 22 heavy (non-hydrogen) atoms. The maximum Gasteiger partial charge on any atom is 0.264 e. The second-order valence-corrected chi connectivity index (χ2v) is 10.2. The van der Waals surface area contributed by atoms with E-state index in [4.69, 9.17) is 23.2 Å². The van der Waals surface area contributed by atoms with Gasteiger partial charge in [-0.05, 0) is 24.7 Å². The highest BCUT2D eigenvalue weighted by atomic mass is 35.5. The molecule has 2 saturated heterocycles. The minimum absolute atomic E-state index is 0.181. The van der Waals surface area contributed by atoms with Gasteiger partial charge in [-0.15, -0.1) is 23.5 Å². The first-order chi connectivity index (χ1) is 10.2. The van der Waals surface area contributed by atoms with Crippen molar-refractivity contribution in [3.63, 3.8) is 0 Å². The van der Waals surface area contributed by atoms with Gasteiger partial charge in [0.05, 0.1) is 10.1 Å². The highest BCUT2D eigenvalue weighted by molar-refractivity contribution is 8.17. The Labute approximate surface area is 150 Å². The lowest BCUT2D eigenvalue weighted by molar-refractivity contribution is -0.162. The van der Waals surface area contributed by atoms with Gasteiger partial charge >= 0.3 is 0 Å². The van der Waals surface area contributed by atoms with Crippen LogP contribution in [-0.2, 0) is 9.67 Å². The molecule has 2 fully saturated rings. The molecule has 0 spiro atoms. The molecule has 0 bridgehead atoms. The van der Waals surface area contributed by atoms with E-state index in [1.807, 2.05) is 35.2 Å². The number of nitrogens with zero attached hydrogens (tertiary/aromatic N) is 1. The topological polar surface area (TPSA) is 20.3 Å². The summed E-state index contributed by atoms with van der Waals surface area (Å²) in [6, 6.07) is 9.91. The van der Waals surface area contributed by atoms with Gasteiger partial charge in [0.1, 0.15) is 0 Å². The average molecular weight is 376 g/mol. The number of amides is 1. The van der Waals surface area contributed by atoms with Crippen LogP contribution in [0.25, 0.3) is 0 Å². The van der Waals surface area contributed by atoms with Crippen LogP contribution in [0.4, 0.5) is 0 Å². The Bertz CT molecular complexity index is 609. The summed E-state index contributed by atoms with van der Waals surface area (Å²) in [5, 5.41) is 0. The summed E-state index contributed by atoms with van der Waals surface area (Å²) in [7, 11) is 0. The largest absolute Gasteiger partial charge is 0.310 e. The molecule has 1 aromatic rings. The Hall–Kier alpha value is -0.0300. The quantitative estimate of drug-likeness (QED) is 0.563. The van der Waals surface area contributed by atoms with Gasteiger partial charge in [0, 0.05) is 0 Å². The summed E-state index contributed by atoms with van der Waals surface area (Å²) >= 11 is 16.6. The van der Waals surface area contributed by atoms with E-state index in [2.05, 4.69) is 27.0 Å². The number of β-lactam (4-membered cyclic amide) rings is 1. The summed E-state index contributed by atoms with van der Waals surface area (Å²) in [5.41, 5.74) is 0.706. The van der Waals surface area contributed by atoms with Crippen molar-refractivity contribution in [2.45, 2.75) is 40.1 Å². The molecule has 6 heteroatoms. The zero-order valence-corrected chi connectivity index (χ0v) is 16.1. The van der Waals surface area contributed by atoms with Gasteiger partial charge < -0.3 is 4.90 Å². The number of halogens is 2. The van der Waals surface area contributed by atoms with Crippen LogP contribution in [0.2, 0.25) is 0 Å². The lowest BCUT2D eigenvalue weighted by Crippen LogP contribution is -2.76. The van der Waals surface area contributed by atoms with Crippen LogP contribution in [0.5, 0.6) is 0 Å². The molecule has 0 N–H and O–H groups in total. The molecule has 1 amide bonds. The first-order valence-electron chi connectivity index (χ1n) is 7.23. The Kier molecular flexibility index (Phi) is 4.00. The number of rotatable bonds is 3. The van der Waals surface area contributed by atoms with Crippen LogP contribution in [-0.4, -0.2) is 31.5 Å². The second kappa shape index (κ2) is 5.23. The molecule has 2 nitrogen and oxygen atoms in total. The Morgan fingerprint density at radius 3 is 2.36 bits per heavy atom. The molecule has 120 valence electrons. The van der Waals surface area contributed by atoms with Crippen LogP contribution < -0.4 is 0 Å². The van der Waals surface area contributed by atoms with E-state index in [0.717, 1.165) is 5.56 Å². The first-order valence-corrected chi connectivity index (χ1v) is 10.2. The molecule has 3 atom stereocenters. The van der Waals surface area contributed by atoms with E-state index in [-0.39, 0.29) is 16.0 Å². The first kappa shape index (κ1) is 16.8. The van der Waals surface area contributed by atoms with Gasteiger partial charge in [-0.2, -0.15) is 0 Å². The number of hydrogen-bond donors (Lipinski definition) is 0. The van der Waals surface area contributed by atoms with Crippen molar-refractivity contribution in [3.8, 4) is 0 Å². The second-order valence-electron chi connectivity index (χ2n) is 6.29. The van der Waals surface area contributed by atoms with Gasteiger partial charge in [-0.3, -0.25) is 4.79 Å². The molecule has 1 aromatic carbocycles. The normalized spacial score (nSPS) is 36.4. The third kappa shape index (κ3) is 1.76. The standard InChI is InChI=1S/C16H19Cl2NOS2/c1-10(2)14(3)13(21-4)22-16(11-8-6-5-7-9-11)15(17,18)12(20)19(14)16/h5-10,13H,1-4H3/t13-,14-,16+/m1/s1. The fourth-order valence-corrected chi connectivity index (χ4v) is 7.74. The van der Waals surface area contributed by atoms with Gasteiger partial charge in [0.2, 0.25) is 4.33 Å². The van der Waals surface area contributed by atoms with E-state index in [0.29, 0.717) is 5.92 Å². The highest BCUT2D eigenvalue weighted by Crippen LogP contribution is 2.73. The molecular formula is C16H19Cl2NOS2. The smallest absolute Gasteiger partial charge is 0.264 e. The molecule has 3 rings (SSSR count). The van der Waals surface area contributed by atoms with Crippen molar-refractivity contribution in [1.82, 2.24) is 4.90 Å². The van der Waals surface area contributed by atoms with Crippen LogP contribution in [0.3, 0.4) is 0 Å². The van der Waals surface area contributed by atoms with Crippen LogP contribution >= 0.6 is 46.7 Å². The molecule has 0 radical (unpaired) electrons. The SMILES string of the molecule is CS[C@@H]1S[C@]2(c3ccccc3)N(C(=O)C2(Cl)Cl)[C@]1(C)C(C)C. The van der Waals surface area contributed by atoms with Crippen LogP contribution in [0.1, 0.15) is 26.3 Å². The molecule has 2 heterocycles. The lowest BCUT2D eigenvalue weighted by Gasteiger charge is -2.60. The van der Waals surface area contributed by atoms with Gasteiger partial charge in [0.25, 0.3) is 5.91 Å². The average Bonchev–Trinajstić information content (AvgIpc) is 2.77. The summed E-state index contributed by atoms with van der Waals surface area (Å²) in [6.07, 6.45) is 2.08. The van der Waals surface area contributed by atoms with Gasteiger partial charge in [-0.25, -0.2) is 0 Å². The molecule has 2 aliphatic heterocycles. The third-order valence-electron chi connectivity index (χ3n) is 5.00. The van der Waals surface area contributed by atoms with Crippen LogP contribution in [0.15, 0.2) is 30.3 Å². The summed E-state index contributed by atoms with van der Waals surface area (Å²) in [4.78, 5) is 14.0. The minimum Gasteiger partial charge on any atom is -0.310 e. The Morgan fingerprint density at radius 1 is 1.27 bits per heavy atom. The predicted molar refractivity (Wildman–Crippen MR) is 97.5 cm³/mol. The van der Waals surface area contributed by atoms with E-state index in [1.54, 1.807) is 23.5 Å². The van der Waals surface area contributed by atoms with Gasteiger partial charge in [-0.1, -0.05) is 67.4 Å². The lowest BCUT2D eigenvalue weighted by atomic mass is 9.80. The number of thioether (sulfide) groups is 2. The summed E-state index contributed by atoms with van der Waals surface area (Å²) < 4.78 is -1.20. The molecule has 0 saturated carbocycles. The fourth-order valence-electron chi connectivity index (χ4n) is 3.44. The van der Waals surface area contributed by atoms with E-state index < -0.39 is 9.20 Å². The van der Waals surface area contributed by atoms with Crippen molar-refractivity contribution in [2.75, 3.05) is 6.26 Å². The zero-order chi connectivity index (χ0) is 16.3. The van der Waals surface area contributed by atoms with Crippen molar-refractivity contribution in [1.29, 1.82) is 0 Å². The molecule has 0 unspecified atom stereocenters. The van der Waals surface area contributed by atoms with Crippen molar-refractivity contribution >= 4 is 52.6 Å². The van der Waals surface area contributed by atoms with Crippen molar-refractivity contribution in [3.05, 3.63) is 35.9 Å². The molecule has 2 aliphatic rings. The highest BCUT2D eigenvalue weighted by Gasteiger charge is 2.81. The monoisotopic (exact) mass is 375 g/mol. The maximum absolute atomic E-state index is 12.8. The Morgan fingerprint density at radius 2 is 1.86 bits per heavy atom. The van der Waals surface area contributed by atoms with E-state index in [9.17, 15) is 4.79 Å². The zero-order valence-electron chi connectivity index (χ0n) is 13.0. The maximum atomic E-state index is 12.8. The van der Waals surface area contributed by atoms with Crippen molar-refractivity contribution in [2.24, 2.45) is 5.92 Å². The van der Waals surface area contributed by atoms with Gasteiger partial charge in [0.15, 0.2) is 4.87 Å². The summed E-state index contributed by atoms with van der Waals surface area (Å²) in [6.45, 7) is 6.46.